The highest BCUT2D eigenvalue weighted by Gasteiger charge is 2.30. The summed E-state index contributed by atoms with van der Waals surface area (Å²) in [5, 5.41) is 11.3. The number of nitrogens with zero attached hydrogens (tertiary/aromatic N) is 3. The SMILES string of the molecule is CCn1c(S[C@@H](C)C(=O)Nc2ccccc2OC(F)F)nnc1C1CC1. The molecule has 1 aliphatic carbocycles. The number of amides is 1. The molecule has 1 aromatic heterocycles. The van der Waals surface area contributed by atoms with E-state index < -0.39 is 11.9 Å². The first-order valence-corrected chi connectivity index (χ1v) is 9.32. The first-order valence-electron chi connectivity index (χ1n) is 8.44. The summed E-state index contributed by atoms with van der Waals surface area (Å²) < 4.78 is 31.4. The first kappa shape index (κ1) is 18.6. The third-order valence-corrected chi connectivity index (χ3v) is 5.10. The molecule has 0 bridgehead atoms. The van der Waals surface area contributed by atoms with E-state index in [0.29, 0.717) is 11.1 Å². The van der Waals surface area contributed by atoms with E-state index in [2.05, 4.69) is 20.3 Å². The number of carbonyl (C=O) groups is 1. The number of halogens is 2. The summed E-state index contributed by atoms with van der Waals surface area (Å²) in [6.07, 6.45) is 2.25. The predicted octanol–water partition coefficient (Wildman–Crippen LogP) is 3.90. The van der Waals surface area contributed by atoms with Crippen molar-refractivity contribution < 1.29 is 18.3 Å². The van der Waals surface area contributed by atoms with Gasteiger partial charge in [-0.05, 0) is 38.8 Å². The number of anilines is 1. The largest absolute Gasteiger partial charge is 0.433 e. The fourth-order valence-corrected chi connectivity index (χ4v) is 3.46. The average Bonchev–Trinajstić information content (AvgIpc) is 3.37. The summed E-state index contributed by atoms with van der Waals surface area (Å²) >= 11 is 1.30. The van der Waals surface area contributed by atoms with Crippen molar-refractivity contribution in [3.05, 3.63) is 30.1 Å². The first-order chi connectivity index (χ1) is 12.5. The monoisotopic (exact) mass is 382 g/mol. The van der Waals surface area contributed by atoms with Crippen LogP contribution in [-0.4, -0.2) is 32.5 Å². The zero-order valence-electron chi connectivity index (χ0n) is 14.5. The zero-order valence-corrected chi connectivity index (χ0v) is 15.3. The third-order valence-electron chi connectivity index (χ3n) is 4.02. The van der Waals surface area contributed by atoms with Crippen LogP contribution in [0.25, 0.3) is 0 Å². The Morgan fingerprint density at radius 2 is 2.12 bits per heavy atom. The van der Waals surface area contributed by atoms with Gasteiger partial charge in [-0.1, -0.05) is 23.9 Å². The molecule has 1 aliphatic rings. The number of hydrogen-bond donors (Lipinski definition) is 1. The van der Waals surface area contributed by atoms with Gasteiger partial charge in [0.1, 0.15) is 11.6 Å². The van der Waals surface area contributed by atoms with E-state index in [1.165, 1.54) is 23.9 Å². The van der Waals surface area contributed by atoms with E-state index in [0.717, 1.165) is 25.2 Å². The van der Waals surface area contributed by atoms with Crippen LogP contribution in [0.2, 0.25) is 0 Å². The highest BCUT2D eigenvalue weighted by atomic mass is 32.2. The molecule has 1 atom stereocenters. The number of benzene rings is 1. The highest BCUT2D eigenvalue weighted by molar-refractivity contribution is 8.00. The van der Waals surface area contributed by atoms with Crippen molar-refractivity contribution >= 4 is 23.4 Å². The van der Waals surface area contributed by atoms with Crippen LogP contribution in [0, 0.1) is 0 Å². The van der Waals surface area contributed by atoms with Gasteiger partial charge in [0.2, 0.25) is 5.91 Å². The number of thioether (sulfide) groups is 1. The van der Waals surface area contributed by atoms with Crippen LogP contribution in [-0.2, 0) is 11.3 Å². The van der Waals surface area contributed by atoms with Crippen molar-refractivity contribution in [1.82, 2.24) is 14.8 Å². The van der Waals surface area contributed by atoms with Gasteiger partial charge in [0.05, 0.1) is 10.9 Å². The molecule has 0 spiro atoms. The summed E-state index contributed by atoms with van der Waals surface area (Å²) in [4.78, 5) is 12.5. The van der Waals surface area contributed by atoms with Crippen LogP contribution < -0.4 is 10.1 Å². The third kappa shape index (κ3) is 4.32. The fraction of sp³-hybridized carbons (Fsp3) is 0.471. The number of hydrogen-bond acceptors (Lipinski definition) is 5. The molecular weight excluding hydrogens is 362 g/mol. The lowest BCUT2D eigenvalue weighted by Crippen LogP contribution is -2.23. The van der Waals surface area contributed by atoms with Crippen molar-refractivity contribution in [2.24, 2.45) is 0 Å². The van der Waals surface area contributed by atoms with Gasteiger partial charge in [-0.15, -0.1) is 10.2 Å². The van der Waals surface area contributed by atoms with Gasteiger partial charge in [0, 0.05) is 12.5 Å². The van der Waals surface area contributed by atoms with E-state index >= 15 is 0 Å². The van der Waals surface area contributed by atoms with Gasteiger partial charge in [0.15, 0.2) is 5.16 Å². The summed E-state index contributed by atoms with van der Waals surface area (Å²) in [5.41, 5.74) is 0.209. The number of carbonyl (C=O) groups excluding carboxylic acids is 1. The molecule has 1 N–H and O–H groups in total. The molecule has 140 valence electrons. The summed E-state index contributed by atoms with van der Waals surface area (Å²) in [6, 6.07) is 6.11. The number of alkyl halides is 2. The van der Waals surface area contributed by atoms with Crippen molar-refractivity contribution in [3.63, 3.8) is 0 Å². The Bertz CT molecular complexity index is 780. The lowest BCUT2D eigenvalue weighted by molar-refractivity contribution is -0.115. The molecule has 0 unspecified atom stereocenters. The standard InChI is InChI=1S/C17H20F2N4O2S/c1-3-23-14(11-8-9-11)21-22-17(23)26-10(2)15(24)20-12-6-4-5-7-13(12)25-16(18)19/h4-7,10-11,16H,3,8-9H2,1-2H3,(H,20,24)/t10-/m0/s1. The average molecular weight is 382 g/mol. The maximum absolute atomic E-state index is 12.5. The minimum Gasteiger partial charge on any atom is -0.433 e. The second-order valence-electron chi connectivity index (χ2n) is 5.98. The maximum atomic E-state index is 12.5. The van der Waals surface area contributed by atoms with Crippen molar-refractivity contribution in [1.29, 1.82) is 0 Å². The normalized spacial score (nSPS) is 15.1. The minimum absolute atomic E-state index is 0.0687. The molecule has 1 saturated carbocycles. The molecule has 3 rings (SSSR count). The van der Waals surface area contributed by atoms with Crippen LogP contribution in [0.3, 0.4) is 0 Å². The quantitative estimate of drug-likeness (QED) is 0.702. The van der Waals surface area contributed by atoms with Crippen LogP contribution in [0.4, 0.5) is 14.5 Å². The summed E-state index contributed by atoms with van der Waals surface area (Å²) in [6.45, 7) is 1.54. The Morgan fingerprint density at radius 3 is 2.77 bits per heavy atom. The molecule has 1 fully saturated rings. The highest BCUT2D eigenvalue weighted by Crippen LogP contribution is 2.40. The Labute approximate surface area is 154 Å². The number of aromatic nitrogens is 3. The Balaban J connectivity index is 1.67. The molecule has 0 radical (unpaired) electrons. The molecular formula is C17H20F2N4O2S. The van der Waals surface area contributed by atoms with Crippen molar-refractivity contribution in [2.45, 2.75) is 56.2 Å². The molecule has 6 nitrogen and oxygen atoms in total. The van der Waals surface area contributed by atoms with Crippen LogP contribution in [0.5, 0.6) is 5.75 Å². The van der Waals surface area contributed by atoms with E-state index in [-0.39, 0.29) is 17.3 Å². The van der Waals surface area contributed by atoms with Gasteiger partial charge in [-0.25, -0.2) is 0 Å². The number of para-hydroxylation sites is 2. The molecule has 1 aromatic carbocycles. The van der Waals surface area contributed by atoms with E-state index in [4.69, 9.17) is 0 Å². The maximum Gasteiger partial charge on any atom is 0.387 e. The van der Waals surface area contributed by atoms with E-state index in [1.54, 1.807) is 19.1 Å². The number of ether oxygens (including phenoxy) is 1. The van der Waals surface area contributed by atoms with Gasteiger partial charge < -0.3 is 14.6 Å². The smallest absolute Gasteiger partial charge is 0.387 e. The second-order valence-corrected chi connectivity index (χ2v) is 7.29. The van der Waals surface area contributed by atoms with Crippen molar-refractivity contribution in [2.75, 3.05) is 5.32 Å². The molecule has 0 aliphatic heterocycles. The van der Waals surface area contributed by atoms with Crippen LogP contribution >= 0.6 is 11.8 Å². The van der Waals surface area contributed by atoms with E-state index in [1.807, 2.05) is 11.5 Å². The van der Waals surface area contributed by atoms with E-state index in [9.17, 15) is 13.6 Å². The molecule has 26 heavy (non-hydrogen) atoms. The minimum atomic E-state index is -2.95. The fourth-order valence-electron chi connectivity index (χ4n) is 2.54. The Kier molecular flexibility index (Phi) is 5.75. The zero-order chi connectivity index (χ0) is 18.7. The summed E-state index contributed by atoms with van der Waals surface area (Å²) in [7, 11) is 0. The lowest BCUT2D eigenvalue weighted by Gasteiger charge is -2.15. The predicted molar refractivity (Wildman–Crippen MR) is 94.7 cm³/mol. The van der Waals surface area contributed by atoms with Crippen LogP contribution in [0.1, 0.15) is 38.4 Å². The molecule has 0 saturated heterocycles. The molecule has 2 aromatic rings. The van der Waals surface area contributed by atoms with Crippen molar-refractivity contribution in [3.8, 4) is 5.75 Å². The van der Waals surface area contributed by atoms with Gasteiger partial charge in [0.25, 0.3) is 0 Å². The second kappa shape index (κ2) is 8.03. The molecule has 1 amide bonds. The topological polar surface area (TPSA) is 69.0 Å². The van der Waals surface area contributed by atoms with Gasteiger partial charge >= 0.3 is 6.61 Å². The molecule has 9 heteroatoms. The summed E-state index contributed by atoms with van der Waals surface area (Å²) in [5.74, 6) is 1.05. The van der Waals surface area contributed by atoms with Gasteiger partial charge in [-0.3, -0.25) is 4.79 Å². The molecule has 1 heterocycles. The van der Waals surface area contributed by atoms with Gasteiger partial charge in [-0.2, -0.15) is 8.78 Å². The number of nitrogens with one attached hydrogen (secondary N) is 1. The van der Waals surface area contributed by atoms with Crippen LogP contribution in [0.15, 0.2) is 29.4 Å². The Morgan fingerprint density at radius 1 is 1.38 bits per heavy atom. The number of rotatable bonds is 8. The lowest BCUT2D eigenvalue weighted by atomic mass is 10.3. The Hall–Kier alpha value is -2.16.